The van der Waals surface area contributed by atoms with E-state index in [9.17, 15) is 9.59 Å². The number of aromatic amines is 1. The summed E-state index contributed by atoms with van der Waals surface area (Å²) in [4.78, 5) is 23.3. The highest BCUT2D eigenvalue weighted by Crippen LogP contribution is 2.41. The third-order valence-corrected chi connectivity index (χ3v) is 4.49. The fraction of sp³-hybridized carbons (Fsp3) is 0.267. The number of hydrogen-bond donors (Lipinski definition) is 2. The second-order valence-electron chi connectivity index (χ2n) is 5.59. The summed E-state index contributed by atoms with van der Waals surface area (Å²) in [6.45, 7) is 4.17. The molecule has 0 radical (unpaired) electrons. The fourth-order valence-electron chi connectivity index (χ4n) is 2.47. The van der Waals surface area contributed by atoms with E-state index in [-0.39, 0.29) is 11.3 Å². The van der Waals surface area contributed by atoms with Gasteiger partial charge in [0.1, 0.15) is 0 Å². The van der Waals surface area contributed by atoms with E-state index in [1.165, 1.54) is 6.07 Å². The van der Waals surface area contributed by atoms with E-state index < -0.39 is 5.41 Å². The Bertz CT molecular complexity index is 775. The summed E-state index contributed by atoms with van der Waals surface area (Å²) in [5, 5.41) is 9.62. The van der Waals surface area contributed by atoms with Crippen LogP contribution in [0.4, 0.5) is 5.69 Å². The number of nitrogens with zero attached hydrogens (tertiary/aromatic N) is 1. The minimum atomic E-state index is -0.554. The summed E-state index contributed by atoms with van der Waals surface area (Å²) in [7, 11) is 0. The first-order valence-electron chi connectivity index (χ1n) is 6.57. The molecule has 0 fully saturated rings. The number of aromatic nitrogens is 2. The number of benzene rings is 1. The molecule has 1 aromatic heterocycles. The maximum absolute atomic E-state index is 12.1. The molecule has 1 aromatic carbocycles. The normalized spacial score (nSPS) is 16.2. The van der Waals surface area contributed by atoms with Gasteiger partial charge in [0.2, 0.25) is 0 Å². The molecule has 3 rings (SSSR count). The molecule has 0 spiro atoms. The van der Waals surface area contributed by atoms with Gasteiger partial charge in [-0.25, -0.2) is 5.10 Å². The van der Waals surface area contributed by atoms with E-state index in [1.807, 2.05) is 26.0 Å². The van der Waals surface area contributed by atoms with Crippen LogP contribution in [0.1, 0.15) is 19.4 Å². The highest BCUT2D eigenvalue weighted by Gasteiger charge is 2.36. The summed E-state index contributed by atoms with van der Waals surface area (Å²) in [5.74, 6) is 0.147. The van der Waals surface area contributed by atoms with Gasteiger partial charge in [-0.15, -0.1) is 0 Å². The summed E-state index contributed by atoms with van der Waals surface area (Å²) in [6.07, 6.45) is 0. The van der Waals surface area contributed by atoms with Gasteiger partial charge in [0.25, 0.3) is 5.56 Å². The SMILES string of the molecule is CC1(C)C(=O)CNc2c(Br)cc(-c3ccc(=O)[nH]n3)cc21. The van der Waals surface area contributed by atoms with E-state index in [1.54, 1.807) is 6.07 Å². The lowest BCUT2D eigenvalue weighted by molar-refractivity contribution is -0.122. The number of H-pyrrole nitrogens is 1. The van der Waals surface area contributed by atoms with Crippen molar-refractivity contribution in [1.82, 2.24) is 10.2 Å². The molecule has 2 heterocycles. The van der Waals surface area contributed by atoms with E-state index in [0.717, 1.165) is 21.3 Å². The molecule has 0 amide bonds. The smallest absolute Gasteiger partial charge is 0.264 e. The second kappa shape index (κ2) is 4.80. The fourth-order valence-corrected chi connectivity index (χ4v) is 3.07. The van der Waals surface area contributed by atoms with Crippen LogP contribution < -0.4 is 10.9 Å². The molecule has 0 bridgehead atoms. The Kier molecular flexibility index (Phi) is 3.20. The number of rotatable bonds is 1. The van der Waals surface area contributed by atoms with Crippen molar-refractivity contribution in [2.24, 2.45) is 0 Å². The third kappa shape index (κ3) is 2.29. The molecule has 0 saturated heterocycles. The van der Waals surface area contributed by atoms with Gasteiger partial charge < -0.3 is 5.32 Å². The first kappa shape index (κ1) is 14.0. The maximum Gasteiger partial charge on any atom is 0.264 e. The predicted molar refractivity (Wildman–Crippen MR) is 84.5 cm³/mol. The first-order chi connectivity index (χ1) is 9.89. The van der Waals surface area contributed by atoms with Gasteiger partial charge in [-0.05, 0) is 53.5 Å². The van der Waals surface area contributed by atoms with Gasteiger partial charge in [0.05, 0.1) is 23.3 Å². The zero-order chi connectivity index (χ0) is 15.2. The highest BCUT2D eigenvalue weighted by molar-refractivity contribution is 9.10. The van der Waals surface area contributed by atoms with Crippen molar-refractivity contribution < 1.29 is 4.79 Å². The van der Waals surface area contributed by atoms with Gasteiger partial charge in [-0.2, -0.15) is 5.10 Å². The van der Waals surface area contributed by atoms with Crippen molar-refractivity contribution in [3.8, 4) is 11.3 Å². The Morgan fingerprint density at radius 3 is 2.67 bits per heavy atom. The van der Waals surface area contributed by atoms with E-state index >= 15 is 0 Å². The number of hydrogen-bond acceptors (Lipinski definition) is 4. The van der Waals surface area contributed by atoms with Crippen LogP contribution in [0, 0.1) is 0 Å². The molecular formula is C15H14BrN3O2. The van der Waals surface area contributed by atoms with E-state index in [2.05, 4.69) is 31.4 Å². The largest absolute Gasteiger partial charge is 0.377 e. The molecule has 1 aliphatic rings. The Balaban J connectivity index is 2.20. The Morgan fingerprint density at radius 2 is 2.00 bits per heavy atom. The van der Waals surface area contributed by atoms with Crippen LogP contribution in [0.5, 0.6) is 0 Å². The Morgan fingerprint density at radius 1 is 1.24 bits per heavy atom. The minimum Gasteiger partial charge on any atom is -0.377 e. The quantitative estimate of drug-likeness (QED) is 0.830. The number of fused-ring (bicyclic) bond motifs is 1. The molecule has 108 valence electrons. The molecule has 0 unspecified atom stereocenters. The van der Waals surface area contributed by atoms with E-state index in [0.29, 0.717) is 12.2 Å². The van der Waals surface area contributed by atoms with Crippen LogP contribution in [0.25, 0.3) is 11.3 Å². The number of carbonyl (C=O) groups excluding carboxylic acids is 1. The monoisotopic (exact) mass is 347 g/mol. The van der Waals surface area contributed by atoms with Crippen LogP contribution in [0.15, 0.2) is 33.5 Å². The summed E-state index contributed by atoms with van der Waals surface area (Å²) >= 11 is 3.54. The predicted octanol–water partition coefficient (Wildman–Crippen LogP) is 2.47. The summed E-state index contributed by atoms with van der Waals surface area (Å²) in [5.41, 5.74) is 2.58. The summed E-state index contributed by atoms with van der Waals surface area (Å²) in [6, 6.07) is 6.98. The standard InChI is InChI=1S/C15H14BrN3O2/c1-15(2)9-5-8(11-3-4-13(21)19-18-11)6-10(16)14(9)17-7-12(15)20/h3-6,17H,7H2,1-2H3,(H,19,21). The zero-order valence-corrected chi connectivity index (χ0v) is 13.2. The topological polar surface area (TPSA) is 74.8 Å². The van der Waals surface area contributed by atoms with Crippen molar-refractivity contribution in [3.63, 3.8) is 0 Å². The number of anilines is 1. The number of carbonyl (C=O) groups is 1. The molecule has 2 aromatic rings. The Hall–Kier alpha value is -1.95. The molecule has 2 N–H and O–H groups in total. The van der Waals surface area contributed by atoms with Crippen LogP contribution >= 0.6 is 15.9 Å². The highest BCUT2D eigenvalue weighted by atomic mass is 79.9. The molecule has 5 nitrogen and oxygen atoms in total. The summed E-state index contributed by atoms with van der Waals surface area (Å²) < 4.78 is 0.878. The van der Waals surface area contributed by atoms with Crippen LogP contribution in [0.3, 0.4) is 0 Å². The van der Waals surface area contributed by atoms with Crippen molar-refractivity contribution in [3.05, 3.63) is 44.7 Å². The molecule has 21 heavy (non-hydrogen) atoms. The van der Waals surface area contributed by atoms with Crippen molar-refractivity contribution in [2.75, 3.05) is 11.9 Å². The lowest BCUT2D eigenvalue weighted by Crippen LogP contribution is -2.39. The minimum absolute atomic E-state index is 0.147. The number of Topliss-reactive ketones (excluding diaryl/α,β-unsaturated/α-hetero) is 1. The number of ketones is 1. The maximum atomic E-state index is 12.1. The van der Waals surface area contributed by atoms with Gasteiger partial charge in [-0.3, -0.25) is 9.59 Å². The lowest BCUT2D eigenvalue weighted by atomic mass is 9.76. The second-order valence-corrected chi connectivity index (χ2v) is 6.44. The number of nitrogens with one attached hydrogen (secondary N) is 2. The molecule has 1 aliphatic heterocycles. The van der Waals surface area contributed by atoms with Crippen molar-refractivity contribution >= 4 is 27.4 Å². The van der Waals surface area contributed by atoms with Crippen LogP contribution in [-0.2, 0) is 10.2 Å². The molecule has 6 heteroatoms. The zero-order valence-electron chi connectivity index (χ0n) is 11.7. The average Bonchev–Trinajstić information content (AvgIpc) is 2.44. The first-order valence-corrected chi connectivity index (χ1v) is 7.36. The molecule has 0 saturated carbocycles. The number of halogens is 1. The van der Waals surface area contributed by atoms with Crippen LogP contribution in [-0.4, -0.2) is 22.5 Å². The van der Waals surface area contributed by atoms with Gasteiger partial charge in [0, 0.05) is 16.1 Å². The molecule has 0 atom stereocenters. The third-order valence-electron chi connectivity index (χ3n) is 3.86. The average molecular weight is 348 g/mol. The van der Waals surface area contributed by atoms with Crippen molar-refractivity contribution in [1.29, 1.82) is 0 Å². The molecular weight excluding hydrogens is 334 g/mol. The Labute approximate surface area is 129 Å². The van der Waals surface area contributed by atoms with Gasteiger partial charge >= 0.3 is 0 Å². The molecule has 0 aliphatic carbocycles. The van der Waals surface area contributed by atoms with Crippen molar-refractivity contribution in [2.45, 2.75) is 19.3 Å². The van der Waals surface area contributed by atoms with E-state index in [4.69, 9.17) is 0 Å². The van der Waals surface area contributed by atoms with Crippen LogP contribution in [0.2, 0.25) is 0 Å². The van der Waals surface area contributed by atoms with Gasteiger partial charge in [-0.1, -0.05) is 0 Å². The lowest BCUT2D eigenvalue weighted by Gasteiger charge is -2.33. The van der Waals surface area contributed by atoms with Gasteiger partial charge in [0.15, 0.2) is 5.78 Å².